The second kappa shape index (κ2) is 10.6. The third-order valence-electron chi connectivity index (χ3n) is 3.76. The number of guanidine groups is 1. The molecule has 0 fully saturated rings. The van der Waals surface area contributed by atoms with E-state index in [9.17, 15) is 0 Å². The van der Waals surface area contributed by atoms with Gasteiger partial charge in [0.05, 0.1) is 24.4 Å². The number of aryl methyl sites for hydroxylation is 3. The first-order valence-electron chi connectivity index (χ1n) is 8.04. The summed E-state index contributed by atoms with van der Waals surface area (Å²) in [6.45, 7) is 7.70. The Hall–Kier alpha value is -1.35. The van der Waals surface area contributed by atoms with E-state index in [0.717, 1.165) is 41.9 Å². The summed E-state index contributed by atoms with van der Waals surface area (Å²) in [4.78, 5) is 9.97. The first-order valence-corrected chi connectivity index (χ1v) is 8.86. The number of hydrogen-bond donors (Lipinski definition) is 2. The fourth-order valence-electron chi connectivity index (χ4n) is 2.54. The van der Waals surface area contributed by atoms with Crippen molar-refractivity contribution < 1.29 is 4.74 Å². The highest BCUT2D eigenvalue weighted by molar-refractivity contribution is 14.0. The van der Waals surface area contributed by atoms with Gasteiger partial charge in [0.15, 0.2) is 5.96 Å². The van der Waals surface area contributed by atoms with Crippen molar-refractivity contribution in [2.24, 2.45) is 4.99 Å². The molecule has 0 saturated carbocycles. The Morgan fingerprint density at radius 1 is 1.24 bits per heavy atom. The first-order chi connectivity index (χ1) is 11.5. The van der Waals surface area contributed by atoms with Crippen molar-refractivity contribution in [2.75, 3.05) is 20.7 Å². The van der Waals surface area contributed by atoms with Gasteiger partial charge in [-0.1, -0.05) is 17.7 Å². The monoisotopic (exact) mass is 474 g/mol. The van der Waals surface area contributed by atoms with Crippen LogP contribution in [0.5, 0.6) is 5.75 Å². The third kappa shape index (κ3) is 6.47. The molecule has 1 aromatic heterocycles. The maximum Gasteiger partial charge on any atom is 0.191 e. The molecule has 0 spiro atoms. The fourth-order valence-corrected chi connectivity index (χ4v) is 3.42. The summed E-state index contributed by atoms with van der Waals surface area (Å²) in [5.74, 6) is 1.73. The van der Waals surface area contributed by atoms with Crippen LogP contribution in [0.3, 0.4) is 0 Å². The number of methoxy groups -OCH3 is 1. The zero-order valence-corrected chi connectivity index (χ0v) is 18.6. The van der Waals surface area contributed by atoms with E-state index in [1.54, 1.807) is 25.5 Å². The van der Waals surface area contributed by atoms with E-state index in [1.165, 1.54) is 16.0 Å². The molecule has 1 aromatic carbocycles. The Bertz CT molecular complexity index is 715. The molecular weight excluding hydrogens is 447 g/mol. The lowest BCUT2D eigenvalue weighted by Crippen LogP contribution is -2.37. The van der Waals surface area contributed by atoms with Gasteiger partial charge in [0, 0.05) is 18.5 Å². The molecule has 7 heteroatoms. The van der Waals surface area contributed by atoms with Gasteiger partial charge in [0.25, 0.3) is 0 Å². The van der Waals surface area contributed by atoms with Crippen LogP contribution in [0.4, 0.5) is 0 Å². The van der Waals surface area contributed by atoms with Crippen LogP contribution in [0.2, 0.25) is 0 Å². The Kier molecular flexibility index (Phi) is 9.20. The van der Waals surface area contributed by atoms with Crippen molar-refractivity contribution in [1.82, 2.24) is 15.6 Å². The minimum atomic E-state index is 0. The van der Waals surface area contributed by atoms with E-state index in [2.05, 4.69) is 39.7 Å². The molecular formula is C18H27IN4OS. The molecule has 0 aliphatic heterocycles. The van der Waals surface area contributed by atoms with E-state index in [0.29, 0.717) is 0 Å². The first kappa shape index (κ1) is 21.7. The van der Waals surface area contributed by atoms with Crippen LogP contribution in [0.15, 0.2) is 23.2 Å². The van der Waals surface area contributed by atoms with Crippen LogP contribution in [-0.4, -0.2) is 31.6 Å². The molecule has 2 rings (SSSR count). The van der Waals surface area contributed by atoms with Gasteiger partial charge < -0.3 is 15.4 Å². The molecule has 0 aliphatic carbocycles. The number of thiazole rings is 1. The fraction of sp³-hybridized carbons (Fsp3) is 0.444. The highest BCUT2D eigenvalue weighted by Gasteiger charge is 2.07. The Morgan fingerprint density at radius 2 is 2.00 bits per heavy atom. The van der Waals surface area contributed by atoms with E-state index >= 15 is 0 Å². The number of aromatic nitrogens is 1. The summed E-state index contributed by atoms with van der Waals surface area (Å²) in [6.07, 6.45) is 0.879. The summed E-state index contributed by atoms with van der Waals surface area (Å²) >= 11 is 1.72. The minimum Gasteiger partial charge on any atom is -0.496 e. The van der Waals surface area contributed by atoms with Gasteiger partial charge >= 0.3 is 0 Å². The molecule has 0 unspecified atom stereocenters. The number of rotatable bonds is 6. The molecule has 138 valence electrons. The number of ether oxygens (including phenoxy) is 1. The van der Waals surface area contributed by atoms with Crippen molar-refractivity contribution >= 4 is 41.3 Å². The summed E-state index contributed by atoms with van der Waals surface area (Å²) in [5.41, 5.74) is 3.53. The molecule has 0 atom stereocenters. The van der Waals surface area contributed by atoms with Gasteiger partial charge in [-0.15, -0.1) is 35.3 Å². The van der Waals surface area contributed by atoms with E-state index in [4.69, 9.17) is 4.74 Å². The van der Waals surface area contributed by atoms with Crippen LogP contribution in [-0.2, 0) is 13.0 Å². The Morgan fingerprint density at radius 3 is 2.60 bits per heavy atom. The topological polar surface area (TPSA) is 58.5 Å². The minimum absolute atomic E-state index is 0. The van der Waals surface area contributed by atoms with E-state index in [-0.39, 0.29) is 24.0 Å². The normalized spacial score (nSPS) is 11.0. The van der Waals surface area contributed by atoms with Crippen LogP contribution >= 0.6 is 35.3 Å². The molecule has 0 radical (unpaired) electrons. The van der Waals surface area contributed by atoms with Gasteiger partial charge in [-0.3, -0.25) is 4.99 Å². The largest absolute Gasteiger partial charge is 0.496 e. The maximum atomic E-state index is 5.43. The standard InChI is InChI=1S/C18H26N4OS.HI/c1-12-6-7-16(23-5)15(10-12)8-9-20-18(19-4)21-11-17-13(2)22-14(3)24-17;/h6-7,10H,8-9,11H2,1-5H3,(H2,19,20,21);1H. The quantitative estimate of drug-likeness (QED) is 0.382. The Balaban J connectivity index is 0.00000312. The van der Waals surface area contributed by atoms with Gasteiger partial charge in [0.2, 0.25) is 0 Å². The number of halogens is 1. The van der Waals surface area contributed by atoms with Crippen LogP contribution in [0.1, 0.15) is 26.7 Å². The van der Waals surface area contributed by atoms with Crippen molar-refractivity contribution in [3.8, 4) is 5.75 Å². The summed E-state index contributed by atoms with van der Waals surface area (Å²) in [7, 11) is 3.49. The number of nitrogens with one attached hydrogen (secondary N) is 2. The third-order valence-corrected chi connectivity index (χ3v) is 4.84. The molecule has 0 saturated heterocycles. The van der Waals surface area contributed by atoms with Gasteiger partial charge in [-0.2, -0.15) is 0 Å². The number of hydrogen-bond acceptors (Lipinski definition) is 4. The molecule has 0 amide bonds. The molecule has 0 aliphatic rings. The highest BCUT2D eigenvalue weighted by Crippen LogP contribution is 2.20. The zero-order chi connectivity index (χ0) is 17.5. The lowest BCUT2D eigenvalue weighted by Gasteiger charge is -2.13. The van der Waals surface area contributed by atoms with E-state index in [1.807, 2.05) is 19.9 Å². The summed E-state index contributed by atoms with van der Waals surface area (Å²) in [6, 6.07) is 6.25. The average molecular weight is 474 g/mol. The smallest absolute Gasteiger partial charge is 0.191 e. The van der Waals surface area contributed by atoms with Crippen molar-refractivity contribution in [1.29, 1.82) is 0 Å². The molecule has 2 aromatic rings. The molecule has 5 nitrogen and oxygen atoms in total. The molecule has 2 N–H and O–H groups in total. The summed E-state index contributed by atoms with van der Waals surface area (Å²) in [5, 5.41) is 7.79. The van der Waals surface area contributed by atoms with Gasteiger partial charge in [-0.05, 0) is 38.8 Å². The predicted octanol–water partition coefficient (Wildman–Crippen LogP) is 3.60. The van der Waals surface area contributed by atoms with Gasteiger partial charge in [0.1, 0.15) is 5.75 Å². The lowest BCUT2D eigenvalue weighted by atomic mass is 10.1. The van der Waals surface area contributed by atoms with Crippen LogP contribution in [0, 0.1) is 20.8 Å². The highest BCUT2D eigenvalue weighted by atomic mass is 127. The number of aliphatic imine (C=N–C) groups is 1. The Labute approximate surface area is 171 Å². The maximum absolute atomic E-state index is 5.43. The predicted molar refractivity (Wildman–Crippen MR) is 117 cm³/mol. The number of nitrogens with zero attached hydrogens (tertiary/aromatic N) is 2. The van der Waals surface area contributed by atoms with Crippen LogP contribution < -0.4 is 15.4 Å². The second-order valence-electron chi connectivity index (χ2n) is 5.66. The van der Waals surface area contributed by atoms with Gasteiger partial charge in [-0.25, -0.2) is 4.98 Å². The molecule has 25 heavy (non-hydrogen) atoms. The van der Waals surface area contributed by atoms with Crippen molar-refractivity contribution in [2.45, 2.75) is 33.7 Å². The SMILES string of the molecule is CN=C(NCCc1cc(C)ccc1OC)NCc1sc(C)nc1C.I. The summed E-state index contributed by atoms with van der Waals surface area (Å²) < 4.78 is 5.43. The lowest BCUT2D eigenvalue weighted by molar-refractivity contribution is 0.409. The zero-order valence-electron chi connectivity index (χ0n) is 15.5. The second-order valence-corrected chi connectivity index (χ2v) is 6.95. The van der Waals surface area contributed by atoms with Crippen LogP contribution in [0.25, 0.3) is 0 Å². The van der Waals surface area contributed by atoms with Crippen molar-refractivity contribution in [3.63, 3.8) is 0 Å². The average Bonchev–Trinajstić information content (AvgIpc) is 2.88. The van der Waals surface area contributed by atoms with Crippen molar-refractivity contribution in [3.05, 3.63) is 44.9 Å². The number of benzene rings is 1. The molecule has 0 bridgehead atoms. The van der Waals surface area contributed by atoms with E-state index < -0.39 is 0 Å². The molecule has 1 heterocycles.